The van der Waals surface area contributed by atoms with E-state index in [4.69, 9.17) is 4.42 Å². The molecule has 0 saturated heterocycles. The van der Waals surface area contributed by atoms with Gasteiger partial charge in [0.05, 0.1) is 39.9 Å². The number of rotatable bonds is 8. The van der Waals surface area contributed by atoms with E-state index in [9.17, 15) is 20.1 Å². The SMILES string of the molecule is CC(C)c1oc2c(CN(CCO)CCO)c(O)ccc2c(=O)c1-c1nc2ccccc2s1. The number of thiazole rings is 1. The van der Waals surface area contributed by atoms with E-state index in [1.165, 1.54) is 17.4 Å². The molecule has 0 radical (unpaired) electrons. The standard InChI is InChI=1S/C24H26N2O5S/c1-14(2)22-20(24-25-17-5-3-4-6-19(17)32-24)21(30)15-7-8-18(29)16(23(15)31-22)13-26(9-11-27)10-12-28/h3-8,14,27-29H,9-13H2,1-2H3. The third kappa shape index (κ3) is 4.14. The van der Waals surface area contributed by atoms with Crippen molar-refractivity contribution in [2.45, 2.75) is 26.3 Å². The highest BCUT2D eigenvalue weighted by Gasteiger charge is 2.24. The Morgan fingerprint density at radius 1 is 1.09 bits per heavy atom. The van der Waals surface area contributed by atoms with Crippen molar-refractivity contribution in [2.24, 2.45) is 0 Å². The molecule has 3 N–H and O–H groups in total. The molecular weight excluding hydrogens is 428 g/mol. The fourth-order valence-corrected chi connectivity index (χ4v) is 4.85. The fourth-order valence-electron chi connectivity index (χ4n) is 3.84. The van der Waals surface area contributed by atoms with E-state index < -0.39 is 0 Å². The third-order valence-corrected chi connectivity index (χ3v) is 6.47. The maximum Gasteiger partial charge on any atom is 0.203 e. The highest BCUT2D eigenvalue weighted by atomic mass is 32.1. The number of aliphatic hydroxyl groups is 2. The molecule has 4 rings (SSSR count). The molecule has 8 heteroatoms. The molecule has 7 nitrogen and oxygen atoms in total. The van der Waals surface area contributed by atoms with E-state index in [0.717, 1.165) is 10.2 Å². The summed E-state index contributed by atoms with van der Waals surface area (Å²) in [5.74, 6) is 0.434. The van der Waals surface area contributed by atoms with Gasteiger partial charge in [0.15, 0.2) is 0 Å². The lowest BCUT2D eigenvalue weighted by atomic mass is 10.0. The van der Waals surface area contributed by atoms with Gasteiger partial charge >= 0.3 is 0 Å². The third-order valence-electron chi connectivity index (χ3n) is 5.41. The number of nitrogens with zero attached hydrogens (tertiary/aromatic N) is 2. The molecule has 0 atom stereocenters. The van der Waals surface area contributed by atoms with Crippen molar-refractivity contribution >= 4 is 32.5 Å². The molecule has 168 valence electrons. The zero-order chi connectivity index (χ0) is 22.8. The minimum Gasteiger partial charge on any atom is -0.507 e. The Kier molecular flexibility index (Phi) is 6.57. The summed E-state index contributed by atoms with van der Waals surface area (Å²) in [6.07, 6.45) is 0. The number of hydrogen-bond donors (Lipinski definition) is 3. The number of aromatic hydroxyl groups is 1. The second-order valence-electron chi connectivity index (χ2n) is 7.98. The predicted octanol–water partition coefficient (Wildman–Crippen LogP) is 3.69. The Labute approximate surface area is 189 Å². The Balaban J connectivity index is 1.94. The van der Waals surface area contributed by atoms with Gasteiger partial charge in [0.2, 0.25) is 5.43 Å². The van der Waals surface area contributed by atoms with Gasteiger partial charge in [-0.05, 0) is 24.3 Å². The van der Waals surface area contributed by atoms with Gasteiger partial charge in [0.1, 0.15) is 22.1 Å². The minimum atomic E-state index is -0.189. The van der Waals surface area contributed by atoms with Crippen LogP contribution in [-0.4, -0.2) is 51.5 Å². The lowest BCUT2D eigenvalue weighted by molar-refractivity contribution is 0.155. The first-order valence-corrected chi connectivity index (χ1v) is 11.4. The predicted molar refractivity (Wildman–Crippen MR) is 126 cm³/mol. The Hall–Kier alpha value is -2.78. The number of para-hydroxylation sites is 1. The van der Waals surface area contributed by atoms with Crippen LogP contribution in [0.25, 0.3) is 31.8 Å². The largest absolute Gasteiger partial charge is 0.507 e. The fraction of sp³-hybridized carbons (Fsp3) is 0.333. The maximum absolute atomic E-state index is 13.7. The van der Waals surface area contributed by atoms with Crippen molar-refractivity contribution in [1.29, 1.82) is 0 Å². The normalized spacial score (nSPS) is 11.9. The van der Waals surface area contributed by atoms with Crippen LogP contribution in [0, 0.1) is 0 Å². The lowest BCUT2D eigenvalue weighted by Gasteiger charge is -2.22. The number of phenols is 1. The summed E-state index contributed by atoms with van der Waals surface area (Å²) < 4.78 is 7.30. The average Bonchev–Trinajstić information content (AvgIpc) is 3.19. The van der Waals surface area contributed by atoms with Crippen LogP contribution in [0.15, 0.2) is 45.6 Å². The molecule has 0 amide bonds. The summed E-state index contributed by atoms with van der Waals surface area (Å²) in [7, 11) is 0. The van der Waals surface area contributed by atoms with E-state index in [0.29, 0.717) is 46.0 Å². The van der Waals surface area contributed by atoms with Crippen molar-refractivity contribution < 1.29 is 19.7 Å². The van der Waals surface area contributed by atoms with Crippen molar-refractivity contribution in [3.05, 3.63) is 57.9 Å². The van der Waals surface area contributed by atoms with E-state index in [1.54, 1.807) is 11.0 Å². The number of aliphatic hydroxyl groups excluding tert-OH is 2. The van der Waals surface area contributed by atoms with Gasteiger partial charge < -0.3 is 19.7 Å². The van der Waals surface area contributed by atoms with E-state index in [1.807, 2.05) is 38.1 Å². The number of benzene rings is 2. The summed E-state index contributed by atoms with van der Waals surface area (Å²) in [6, 6.07) is 10.8. The Morgan fingerprint density at radius 3 is 2.47 bits per heavy atom. The first-order valence-electron chi connectivity index (χ1n) is 10.6. The van der Waals surface area contributed by atoms with Crippen LogP contribution in [0.3, 0.4) is 0 Å². The van der Waals surface area contributed by atoms with E-state index >= 15 is 0 Å². The minimum absolute atomic E-state index is 0.00368. The average molecular weight is 455 g/mol. The smallest absolute Gasteiger partial charge is 0.203 e. The number of hydrogen-bond acceptors (Lipinski definition) is 8. The summed E-state index contributed by atoms with van der Waals surface area (Å²) in [5.41, 5.74) is 1.87. The van der Waals surface area contributed by atoms with Gasteiger partial charge in [-0.1, -0.05) is 26.0 Å². The first-order chi connectivity index (χ1) is 15.4. The summed E-state index contributed by atoms with van der Waals surface area (Å²) in [6.45, 7) is 4.59. The molecule has 2 aromatic carbocycles. The van der Waals surface area contributed by atoms with Gasteiger partial charge in [-0.25, -0.2) is 4.98 Å². The van der Waals surface area contributed by atoms with Crippen molar-refractivity contribution in [2.75, 3.05) is 26.3 Å². The number of fused-ring (bicyclic) bond motifs is 2. The van der Waals surface area contributed by atoms with Crippen LogP contribution in [0.1, 0.15) is 31.1 Å². The van der Waals surface area contributed by atoms with Gasteiger partial charge in [-0.2, -0.15) is 0 Å². The van der Waals surface area contributed by atoms with Gasteiger partial charge in [0, 0.05) is 25.6 Å². The maximum atomic E-state index is 13.7. The molecule has 0 fully saturated rings. The van der Waals surface area contributed by atoms with E-state index in [2.05, 4.69) is 4.98 Å². The molecule has 0 saturated carbocycles. The first kappa shape index (κ1) is 22.4. The van der Waals surface area contributed by atoms with Gasteiger partial charge in [-0.15, -0.1) is 11.3 Å². The molecular formula is C24H26N2O5S. The molecule has 0 spiro atoms. The van der Waals surface area contributed by atoms with Crippen LogP contribution >= 0.6 is 11.3 Å². The molecule has 4 aromatic rings. The summed E-state index contributed by atoms with van der Waals surface area (Å²) in [4.78, 5) is 20.1. The Morgan fingerprint density at radius 2 is 1.81 bits per heavy atom. The molecule has 2 aromatic heterocycles. The zero-order valence-electron chi connectivity index (χ0n) is 18.0. The quantitative estimate of drug-likeness (QED) is 0.373. The van der Waals surface area contributed by atoms with Gasteiger partial charge in [0.25, 0.3) is 0 Å². The number of aromatic nitrogens is 1. The van der Waals surface area contributed by atoms with Crippen LogP contribution in [0.4, 0.5) is 0 Å². The topological polar surface area (TPSA) is 107 Å². The van der Waals surface area contributed by atoms with Crippen LogP contribution in [0.5, 0.6) is 5.75 Å². The highest BCUT2D eigenvalue weighted by molar-refractivity contribution is 7.21. The van der Waals surface area contributed by atoms with Crippen molar-refractivity contribution in [3.63, 3.8) is 0 Å². The molecule has 0 aliphatic carbocycles. The van der Waals surface area contributed by atoms with Crippen LogP contribution in [-0.2, 0) is 6.54 Å². The summed E-state index contributed by atoms with van der Waals surface area (Å²) >= 11 is 1.45. The van der Waals surface area contributed by atoms with Crippen LogP contribution in [0.2, 0.25) is 0 Å². The lowest BCUT2D eigenvalue weighted by Crippen LogP contribution is -2.29. The molecule has 0 aliphatic rings. The van der Waals surface area contributed by atoms with Gasteiger partial charge in [-0.3, -0.25) is 9.69 Å². The van der Waals surface area contributed by atoms with Crippen LogP contribution < -0.4 is 5.43 Å². The van der Waals surface area contributed by atoms with E-state index in [-0.39, 0.29) is 36.9 Å². The zero-order valence-corrected chi connectivity index (χ0v) is 18.9. The summed E-state index contributed by atoms with van der Waals surface area (Å²) in [5, 5.41) is 30.2. The second-order valence-corrected chi connectivity index (χ2v) is 9.01. The molecule has 32 heavy (non-hydrogen) atoms. The molecule has 0 bridgehead atoms. The Bertz CT molecular complexity index is 1270. The number of phenolic OH excluding ortho intramolecular Hbond substituents is 1. The second kappa shape index (κ2) is 9.38. The molecule has 0 aliphatic heterocycles. The monoisotopic (exact) mass is 454 g/mol. The van der Waals surface area contributed by atoms with Crippen molar-refractivity contribution in [1.82, 2.24) is 9.88 Å². The van der Waals surface area contributed by atoms with Crippen molar-refractivity contribution in [3.8, 4) is 16.3 Å². The molecule has 2 heterocycles. The highest BCUT2D eigenvalue weighted by Crippen LogP contribution is 2.37. The molecule has 0 unspecified atom stereocenters.